The number of thiazole rings is 1. The SMILES string of the molecule is O=S(=O)(c1ccccc1NCCc1csc(-c2ccccc2)n1)C(F)F. The van der Waals surface area contributed by atoms with E-state index >= 15 is 0 Å². The summed E-state index contributed by atoms with van der Waals surface area (Å²) < 4.78 is 49.1. The van der Waals surface area contributed by atoms with Gasteiger partial charge in [-0.1, -0.05) is 42.5 Å². The second-order valence-corrected chi connectivity index (χ2v) is 8.23. The third-order valence-corrected chi connectivity index (χ3v) is 6.08. The van der Waals surface area contributed by atoms with Gasteiger partial charge in [-0.05, 0) is 12.1 Å². The Balaban J connectivity index is 1.67. The highest BCUT2D eigenvalue weighted by molar-refractivity contribution is 7.91. The van der Waals surface area contributed by atoms with Crippen LogP contribution in [0.15, 0.2) is 64.9 Å². The van der Waals surface area contributed by atoms with E-state index < -0.39 is 20.5 Å². The Bertz CT molecular complexity index is 974. The summed E-state index contributed by atoms with van der Waals surface area (Å²) in [6.07, 6.45) is 0.548. The van der Waals surface area contributed by atoms with Gasteiger partial charge in [-0.15, -0.1) is 11.3 Å². The van der Waals surface area contributed by atoms with Gasteiger partial charge in [0.2, 0.25) is 9.84 Å². The summed E-state index contributed by atoms with van der Waals surface area (Å²) in [6, 6.07) is 15.5. The highest BCUT2D eigenvalue weighted by Crippen LogP contribution is 2.26. The molecule has 0 fully saturated rings. The second kappa shape index (κ2) is 7.92. The van der Waals surface area contributed by atoms with Crippen LogP contribution in [0, 0.1) is 0 Å². The molecule has 4 nitrogen and oxygen atoms in total. The van der Waals surface area contributed by atoms with Crippen molar-refractivity contribution in [1.29, 1.82) is 0 Å². The van der Waals surface area contributed by atoms with Crippen LogP contribution < -0.4 is 5.32 Å². The number of nitrogens with zero attached hydrogens (tertiary/aromatic N) is 1. The van der Waals surface area contributed by atoms with Crippen LogP contribution in [0.2, 0.25) is 0 Å². The fourth-order valence-electron chi connectivity index (χ4n) is 2.42. The summed E-state index contributed by atoms with van der Waals surface area (Å²) >= 11 is 1.53. The molecular formula is C18H16F2N2O2S2. The maximum atomic E-state index is 12.8. The molecule has 1 heterocycles. The summed E-state index contributed by atoms with van der Waals surface area (Å²) in [6.45, 7) is 0.383. The Kier molecular flexibility index (Phi) is 5.63. The molecule has 136 valence electrons. The van der Waals surface area contributed by atoms with Crippen molar-refractivity contribution in [2.75, 3.05) is 11.9 Å². The standard InChI is InChI=1S/C18H16F2N2O2S2/c19-18(20)26(23,24)16-9-5-4-8-15(16)21-11-10-14-12-25-17(22-14)13-6-2-1-3-7-13/h1-9,12,18,21H,10-11H2. The molecule has 0 saturated heterocycles. The average molecular weight is 394 g/mol. The molecule has 0 bridgehead atoms. The van der Waals surface area contributed by atoms with Gasteiger partial charge in [0.05, 0.1) is 16.3 Å². The van der Waals surface area contributed by atoms with E-state index in [2.05, 4.69) is 10.3 Å². The van der Waals surface area contributed by atoms with Crippen LogP contribution in [0.5, 0.6) is 0 Å². The number of para-hydroxylation sites is 1. The number of nitrogens with one attached hydrogen (secondary N) is 1. The fourth-order valence-corrected chi connectivity index (χ4v) is 4.18. The molecule has 1 N–H and O–H groups in total. The second-order valence-electron chi connectivity index (χ2n) is 5.49. The zero-order chi connectivity index (χ0) is 18.6. The van der Waals surface area contributed by atoms with Gasteiger partial charge in [-0.3, -0.25) is 0 Å². The lowest BCUT2D eigenvalue weighted by molar-refractivity contribution is 0.235. The van der Waals surface area contributed by atoms with Gasteiger partial charge < -0.3 is 5.32 Å². The number of hydrogen-bond acceptors (Lipinski definition) is 5. The number of rotatable bonds is 7. The molecule has 0 atom stereocenters. The first kappa shape index (κ1) is 18.5. The van der Waals surface area contributed by atoms with Gasteiger partial charge in [0, 0.05) is 23.9 Å². The number of benzene rings is 2. The third kappa shape index (κ3) is 4.08. The van der Waals surface area contributed by atoms with Crippen LogP contribution in [-0.2, 0) is 16.3 Å². The molecule has 26 heavy (non-hydrogen) atoms. The highest BCUT2D eigenvalue weighted by atomic mass is 32.2. The molecule has 0 aliphatic carbocycles. The fraction of sp³-hybridized carbons (Fsp3) is 0.167. The van der Waals surface area contributed by atoms with Crippen molar-refractivity contribution in [2.24, 2.45) is 0 Å². The maximum Gasteiger partial charge on any atom is 0.341 e. The van der Waals surface area contributed by atoms with Crippen molar-refractivity contribution < 1.29 is 17.2 Å². The summed E-state index contributed by atoms with van der Waals surface area (Å²) in [4.78, 5) is 4.16. The smallest absolute Gasteiger partial charge is 0.341 e. The Labute approximate surface area is 154 Å². The van der Waals surface area contributed by atoms with E-state index in [1.54, 1.807) is 6.07 Å². The number of aromatic nitrogens is 1. The lowest BCUT2D eigenvalue weighted by atomic mass is 10.2. The highest BCUT2D eigenvalue weighted by Gasteiger charge is 2.28. The monoisotopic (exact) mass is 394 g/mol. The normalized spacial score (nSPS) is 11.7. The topological polar surface area (TPSA) is 59.1 Å². The van der Waals surface area contributed by atoms with E-state index in [4.69, 9.17) is 0 Å². The minimum atomic E-state index is -4.64. The predicted octanol–water partition coefficient (Wildman–Crippen LogP) is 4.46. The molecule has 1 aromatic heterocycles. The van der Waals surface area contributed by atoms with Gasteiger partial charge in [-0.25, -0.2) is 13.4 Å². The van der Waals surface area contributed by atoms with Gasteiger partial charge in [0.25, 0.3) is 0 Å². The minimum absolute atomic E-state index is 0.173. The van der Waals surface area contributed by atoms with Gasteiger partial charge in [0.15, 0.2) is 0 Å². The van der Waals surface area contributed by atoms with Crippen LogP contribution in [-0.4, -0.2) is 25.7 Å². The van der Waals surface area contributed by atoms with Crippen LogP contribution in [0.1, 0.15) is 5.69 Å². The molecule has 0 unspecified atom stereocenters. The van der Waals surface area contributed by atoms with Crippen LogP contribution in [0.4, 0.5) is 14.5 Å². The van der Waals surface area contributed by atoms with E-state index in [-0.39, 0.29) is 5.69 Å². The van der Waals surface area contributed by atoms with Crippen molar-refractivity contribution in [3.63, 3.8) is 0 Å². The summed E-state index contributed by atoms with van der Waals surface area (Å²) in [7, 11) is -4.64. The first-order valence-electron chi connectivity index (χ1n) is 7.83. The Hall–Kier alpha value is -2.32. The lowest BCUT2D eigenvalue weighted by Crippen LogP contribution is -2.15. The number of halogens is 2. The van der Waals surface area contributed by atoms with E-state index in [0.717, 1.165) is 16.3 Å². The van der Waals surface area contributed by atoms with Crippen molar-refractivity contribution in [3.05, 3.63) is 65.7 Å². The zero-order valence-corrected chi connectivity index (χ0v) is 15.2. The number of sulfone groups is 1. The number of alkyl halides is 2. The van der Waals surface area contributed by atoms with E-state index in [1.165, 1.54) is 29.5 Å². The number of anilines is 1. The van der Waals surface area contributed by atoms with E-state index in [1.807, 2.05) is 35.7 Å². The van der Waals surface area contributed by atoms with Crippen LogP contribution in [0.25, 0.3) is 10.6 Å². The molecule has 0 saturated carbocycles. The minimum Gasteiger partial charge on any atom is -0.384 e. The summed E-state index contributed by atoms with van der Waals surface area (Å²) in [5.74, 6) is -3.45. The summed E-state index contributed by atoms with van der Waals surface area (Å²) in [5.41, 5.74) is 2.06. The Morgan fingerprint density at radius 2 is 1.73 bits per heavy atom. The largest absolute Gasteiger partial charge is 0.384 e. The Morgan fingerprint density at radius 3 is 2.46 bits per heavy atom. The van der Waals surface area contributed by atoms with Crippen LogP contribution in [0.3, 0.4) is 0 Å². The van der Waals surface area contributed by atoms with Crippen molar-refractivity contribution in [1.82, 2.24) is 4.98 Å². The third-order valence-electron chi connectivity index (χ3n) is 3.70. The quantitative estimate of drug-likeness (QED) is 0.643. The molecule has 8 heteroatoms. The first-order chi connectivity index (χ1) is 12.5. The molecule has 0 amide bonds. The maximum absolute atomic E-state index is 12.8. The molecular weight excluding hydrogens is 378 g/mol. The van der Waals surface area contributed by atoms with Gasteiger partial charge in [0.1, 0.15) is 5.01 Å². The zero-order valence-electron chi connectivity index (χ0n) is 13.6. The average Bonchev–Trinajstić information content (AvgIpc) is 3.11. The van der Waals surface area contributed by atoms with Crippen molar-refractivity contribution >= 4 is 26.9 Å². The molecule has 0 aliphatic heterocycles. The molecule has 0 aliphatic rings. The van der Waals surface area contributed by atoms with Gasteiger partial charge >= 0.3 is 5.76 Å². The van der Waals surface area contributed by atoms with Gasteiger partial charge in [-0.2, -0.15) is 8.78 Å². The van der Waals surface area contributed by atoms with E-state index in [0.29, 0.717) is 13.0 Å². The molecule has 0 spiro atoms. The first-order valence-corrected chi connectivity index (χ1v) is 10.3. The van der Waals surface area contributed by atoms with Crippen LogP contribution >= 0.6 is 11.3 Å². The van der Waals surface area contributed by atoms with Crippen molar-refractivity contribution in [2.45, 2.75) is 17.1 Å². The predicted molar refractivity (Wildman–Crippen MR) is 99.4 cm³/mol. The van der Waals surface area contributed by atoms with E-state index in [9.17, 15) is 17.2 Å². The summed E-state index contributed by atoms with van der Waals surface area (Å²) in [5, 5.41) is 5.76. The molecule has 2 aromatic carbocycles. The lowest BCUT2D eigenvalue weighted by Gasteiger charge is -2.11. The number of hydrogen-bond donors (Lipinski definition) is 1. The molecule has 3 rings (SSSR count). The molecule has 3 aromatic rings. The molecule has 0 radical (unpaired) electrons. The van der Waals surface area contributed by atoms with Crippen molar-refractivity contribution in [3.8, 4) is 10.6 Å². The Morgan fingerprint density at radius 1 is 1.04 bits per heavy atom.